The number of hydrogen-bond acceptors (Lipinski definition) is 17. The van der Waals surface area contributed by atoms with Gasteiger partial charge >= 0.3 is 29.8 Å². The van der Waals surface area contributed by atoms with E-state index < -0.39 is 36.0 Å². The first kappa shape index (κ1) is 58.8. The fourth-order valence-electron chi connectivity index (χ4n) is 8.61. The maximum Gasteiger partial charge on any atom is 0.330 e. The number of aliphatic hydroxyl groups is 1. The highest BCUT2D eigenvalue weighted by Gasteiger charge is 2.36. The fraction of sp³-hybridized carbons (Fsp3) is 0.458. The number of rotatable bonds is 27. The molecule has 1 unspecified atom stereocenters. The first-order chi connectivity index (χ1) is 37.0. The van der Waals surface area contributed by atoms with E-state index in [0.29, 0.717) is 121 Å². The average Bonchev–Trinajstić information content (AvgIpc) is 3.90. The topological polar surface area (TPSA) is 203 Å². The van der Waals surface area contributed by atoms with Crippen molar-refractivity contribution in [3.63, 3.8) is 0 Å². The second-order valence-electron chi connectivity index (χ2n) is 18.5. The van der Waals surface area contributed by atoms with Crippen LogP contribution < -0.4 is 28.4 Å². The van der Waals surface area contributed by atoms with Crippen molar-refractivity contribution in [2.45, 2.75) is 132 Å². The smallest absolute Gasteiger partial charge is 0.330 e. The zero-order chi connectivity index (χ0) is 54.1. The lowest BCUT2D eigenvalue weighted by Crippen LogP contribution is -2.30. The van der Waals surface area contributed by atoms with Crippen molar-refractivity contribution in [2.75, 3.05) is 26.4 Å². The predicted octanol–water partition coefficient (Wildman–Crippen LogP) is 11.8. The van der Waals surface area contributed by atoms with E-state index in [2.05, 4.69) is 31.1 Å². The van der Waals surface area contributed by atoms with Crippen LogP contribution in [0, 0.1) is 46.8 Å². The van der Waals surface area contributed by atoms with E-state index in [1.807, 2.05) is 6.92 Å². The number of ether oxygens (including phenoxy) is 8. The summed E-state index contributed by atoms with van der Waals surface area (Å²) in [6.45, 7) is 10.7. The molecule has 3 aliphatic rings. The Morgan fingerprint density at radius 2 is 0.987 bits per heavy atom. The summed E-state index contributed by atoms with van der Waals surface area (Å²) in [5.41, 5.74) is 0.254. The summed E-state index contributed by atoms with van der Waals surface area (Å²) < 4.78 is 45.9. The maximum atomic E-state index is 13.7. The molecule has 404 valence electrons. The zero-order valence-electron chi connectivity index (χ0n) is 43.1. The minimum atomic E-state index is -0.929. The quantitative estimate of drug-likeness (QED) is 0.0110. The van der Waals surface area contributed by atoms with Gasteiger partial charge in [0, 0.05) is 12.5 Å². The standard InChI is InChI=1S/C59H67NO14S2/c1-4-7-16-44(39-60)59-75-53-49(73-57(65)42-21-17-40(18-22-42)55(63)71-47-29-25-45(26-30-47)67-35-12-8-10-14-37-69-51(61)5-2)33-34-50(54(53)76-59)74-58(66)43-23-19-41(20-24-43)56(64)72-48-31-27-46(28-32-48)68-36-13-9-11-15-38-70-52(62)6-3/h5-6,25-34,40-43,51,61H,2-4,8-15,17-24,35-38H2,1H3/b59-44+. The first-order valence-electron chi connectivity index (χ1n) is 26.2. The van der Waals surface area contributed by atoms with E-state index in [-0.39, 0.29) is 40.8 Å². The van der Waals surface area contributed by atoms with Crippen LogP contribution in [0.4, 0.5) is 0 Å². The second-order valence-corrected chi connectivity index (χ2v) is 20.8. The minimum absolute atomic E-state index is 0.254. The molecule has 15 nitrogen and oxygen atoms in total. The van der Waals surface area contributed by atoms with Crippen LogP contribution in [-0.4, -0.2) is 67.7 Å². The van der Waals surface area contributed by atoms with Crippen molar-refractivity contribution in [1.82, 2.24) is 0 Å². The van der Waals surface area contributed by atoms with Gasteiger partial charge in [-0.3, -0.25) is 19.2 Å². The lowest BCUT2D eigenvalue weighted by Gasteiger charge is -2.26. The van der Waals surface area contributed by atoms with Crippen molar-refractivity contribution >= 4 is 53.4 Å². The molecule has 76 heavy (non-hydrogen) atoms. The molecule has 1 atom stereocenters. The number of allylic oxidation sites excluding steroid dienone is 1. The largest absolute Gasteiger partial charge is 0.494 e. The molecule has 1 aliphatic heterocycles. The highest BCUT2D eigenvalue weighted by atomic mass is 32.2. The fourth-order valence-corrected chi connectivity index (χ4v) is 11.1. The van der Waals surface area contributed by atoms with Gasteiger partial charge in [0.2, 0.25) is 0 Å². The van der Waals surface area contributed by atoms with Crippen LogP contribution in [0.25, 0.3) is 0 Å². The summed E-state index contributed by atoms with van der Waals surface area (Å²) in [4.78, 5) is 66.0. The van der Waals surface area contributed by atoms with Crippen LogP contribution in [0.3, 0.4) is 0 Å². The molecule has 0 amide bonds. The van der Waals surface area contributed by atoms with Crippen LogP contribution in [0.1, 0.15) is 116 Å². The first-order valence-corrected chi connectivity index (χ1v) is 27.8. The minimum Gasteiger partial charge on any atom is -0.494 e. The van der Waals surface area contributed by atoms with Gasteiger partial charge in [0.05, 0.1) is 64.1 Å². The molecule has 2 aliphatic carbocycles. The molecule has 0 spiro atoms. The Kier molecular flexibility index (Phi) is 24.4. The summed E-state index contributed by atoms with van der Waals surface area (Å²) >= 11 is 2.47. The third-order valence-electron chi connectivity index (χ3n) is 12.9. The SMILES string of the molecule is C=CC(=O)OCCCCCCOc1ccc(OC(=O)C2CCC(C(=O)Oc3ccc(OC(=O)C4CCC(C(=O)Oc5ccc(OCCCCCCOC(O)C=C)cc5)CC4)c4c3S/C(=C(/C#N)C#CCC)S4)CC2)cc1. The third-order valence-corrected chi connectivity index (χ3v) is 15.6. The molecule has 0 bridgehead atoms. The van der Waals surface area contributed by atoms with Gasteiger partial charge in [-0.1, -0.05) is 61.9 Å². The molecule has 3 aromatic rings. The van der Waals surface area contributed by atoms with E-state index in [4.69, 9.17) is 37.9 Å². The Bertz CT molecular complexity index is 2600. The second kappa shape index (κ2) is 31.5. The normalized spacial score (nSPS) is 18.7. The molecular formula is C59H67NO14S2. The van der Waals surface area contributed by atoms with Crippen LogP contribution in [-0.2, 0) is 33.4 Å². The molecule has 2 fully saturated rings. The number of fused-ring (bicyclic) bond motifs is 1. The lowest BCUT2D eigenvalue weighted by atomic mass is 9.82. The van der Waals surface area contributed by atoms with Crippen molar-refractivity contribution < 1.29 is 67.0 Å². The lowest BCUT2D eigenvalue weighted by molar-refractivity contribution is -0.145. The van der Waals surface area contributed by atoms with Gasteiger partial charge in [-0.2, -0.15) is 5.26 Å². The molecule has 0 saturated heterocycles. The van der Waals surface area contributed by atoms with Crippen molar-refractivity contribution in [3.8, 4) is 52.4 Å². The van der Waals surface area contributed by atoms with Crippen molar-refractivity contribution in [2.24, 2.45) is 23.7 Å². The van der Waals surface area contributed by atoms with E-state index in [0.717, 1.165) is 57.4 Å². The van der Waals surface area contributed by atoms with Gasteiger partial charge in [-0.15, -0.1) is 0 Å². The number of hydrogen-bond donors (Lipinski definition) is 1. The summed E-state index contributed by atoms with van der Waals surface area (Å²) in [6.07, 6.45) is 12.7. The third kappa shape index (κ3) is 18.7. The summed E-state index contributed by atoms with van der Waals surface area (Å²) in [7, 11) is 0. The number of unbranched alkanes of at least 4 members (excludes halogenated alkanes) is 6. The van der Waals surface area contributed by atoms with E-state index in [1.165, 1.54) is 29.6 Å². The summed E-state index contributed by atoms with van der Waals surface area (Å²) in [5, 5.41) is 19.4. The monoisotopic (exact) mass is 1080 g/mol. The number of thioether (sulfide) groups is 2. The number of esters is 5. The van der Waals surface area contributed by atoms with E-state index in [1.54, 1.807) is 60.7 Å². The van der Waals surface area contributed by atoms with Gasteiger partial charge in [0.25, 0.3) is 0 Å². The van der Waals surface area contributed by atoms with Gasteiger partial charge < -0.3 is 43.0 Å². The molecule has 2 saturated carbocycles. The van der Waals surface area contributed by atoms with E-state index in [9.17, 15) is 34.3 Å². The Hall–Kier alpha value is -6.50. The molecule has 6 rings (SSSR count). The highest BCUT2D eigenvalue weighted by Crippen LogP contribution is 2.59. The van der Waals surface area contributed by atoms with Gasteiger partial charge in [-0.25, -0.2) is 4.79 Å². The van der Waals surface area contributed by atoms with Crippen molar-refractivity contribution in [1.29, 1.82) is 5.26 Å². The van der Waals surface area contributed by atoms with Gasteiger partial charge in [-0.05, 0) is 163 Å². The zero-order valence-corrected chi connectivity index (χ0v) is 44.7. The molecular weight excluding hydrogens is 1010 g/mol. The number of nitriles is 1. The summed E-state index contributed by atoms with van der Waals surface area (Å²) in [6, 6.07) is 19.2. The number of carbonyl (C=O) groups is 5. The highest BCUT2D eigenvalue weighted by molar-refractivity contribution is 8.24. The van der Waals surface area contributed by atoms with Crippen LogP contribution in [0.2, 0.25) is 0 Å². The molecule has 0 radical (unpaired) electrons. The molecule has 1 heterocycles. The Morgan fingerprint density at radius 3 is 1.38 bits per heavy atom. The van der Waals surface area contributed by atoms with Crippen LogP contribution in [0.5, 0.6) is 34.5 Å². The number of nitrogens with zero attached hydrogens (tertiary/aromatic N) is 1. The Labute approximate surface area is 454 Å². The predicted molar refractivity (Wildman–Crippen MR) is 286 cm³/mol. The molecule has 1 N–H and O–H groups in total. The number of aliphatic hydroxyl groups excluding tert-OH is 1. The maximum absolute atomic E-state index is 13.7. The average molecular weight is 1080 g/mol. The van der Waals surface area contributed by atoms with E-state index >= 15 is 0 Å². The summed E-state index contributed by atoms with van der Waals surface area (Å²) in [5.74, 6) is 4.85. The Balaban J connectivity index is 0.948. The Morgan fingerprint density at radius 1 is 0.592 bits per heavy atom. The molecule has 0 aromatic heterocycles. The molecule has 3 aromatic carbocycles. The number of benzene rings is 3. The molecule has 17 heteroatoms. The number of carbonyl (C=O) groups excluding carboxylic acids is 5. The van der Waals surface area contributed by atoms with Crippen LogP contribution >= 0.6 is 23.5 Å². The van der Waals surface area contributed by atoms with Gasteiger partial charge in [0.1, 0.15) is 46.1 Å². The van der Waals surface area contributed by atoms with Gasteiger partial charge in [0.15, 0.2) is 6.29 Å². The van der Waals surface area contributed by atoms with Crippen molar-refractivity contribution in [3.05, 3.63) is 95.8 Å². The van der Waals surface area contributed by atoms with Crippen LogP contribution in [0.15, 0.2) is 106 Å².